The molecule has 1 aromatic carbocycles. The minimum atomic E-state index is -0.807. The first-order chi connectivity index (χ1) is 17.6. The molecule has 36 heavy (non-hydrogen) atoms. The summed E-state index contributed by atoms with van der Waals surface area (Å²) in [5.41, 5.74) is 2.32. The van der Waals surface area contributed by atoms with Gasteiger partial charge in [-0.25, -0.2) is 9.78 Å². The van der Waals surface area contributed by atoms with E-state index in [0.29, 0.717) is 36.2 Å². The van der Waals surface area contributed by atoms with Gasteiger partial charge in [0.05, 0.1) is 18.6 Å². The number of hydrogen-bond acceptors (Lipinski definition) is 8. The average molecular weight is 493 g/mol. The van der Waals surface area contributed by atoms with E-state index < -0.39 is 6.09 Å². The van der Waals surface area contributed by atoms with Crippen molar-refractivity contribution in [1.29, 1.82) is 0 Å². The summed E-state index contributed by atoms with van der Waals surface area (Å²) in [5.74, 6) is 2.01. The van der Waals surface area contributed by atoms with Crippen LogP contribution >= 0.6 is 0 Å². The van der Waals surface area contributed by atoms with Gasteiger partial charge in [-0.05, 0) is 37.8 Å². The highest BCUT2D eigenvalue weighted by atomic mass is 16.7. The fourth-order valence-corrected chi connectivity index (χ4v) is 5.77. The number of imidazole rings is 1. The SMILES string of the molecule is COCOc1cc(-n2ccnc2)ccc1-c1cc2c(nn1)N(C1C[C@H]3CC[C@@H](C1)N3C(=O)O)CCO2. The number of carboxylic acid groups (broad SMARTS) is 1. The Kier molecular flexibility index (Phi) is 5.84. The highest BCUT2D eigenvalue weighted by Gasteiger charge is 2.45. The van der Waals surface area contributed by atoms with Gasteiger partial charge >= 0.3 is 6.09 Å². The molecule has 0 spiro atoms. The molecule has 188 valence electrons. The molecule has 11 nitrogen and oxygen atoms in total. The zero-order valence-electron chi connectivity index (χ0n) is 20.0. The van der Waals surface area contributed by atoms with Gasteiger partial charge in [-0.2, -0.15) is 0 Å². The number of methoxy groups -OCH3 is 1. The van der Waals surface area contributed by atoms with Crippen LogP contribution in [0.25, 0.3) is 16.9 Å². The third-order valence-electron chi connectivity index (χ3n) is 7.35. The molecule has 3 atom stereocenters. The number of piperidine rings is 1. The van der Waals surface area contributed by atoms with E-state index in [1.807, 2.05) is 35.0 Å². The second-order valence-corrected chi connectivity index (χ2v) is 9.36. The molecule has 6 rings (SSSR count). The largest absolute Gasteiger partial charge is 0.488 e. The standard InChI is InChI=1S/C25H28N6O5/c1-34-15-36-22-12-16(29-7-6-26-14-29)4-5-20(22)21-13-23-24(28-27-21)30(8-9-35-23)19-10-17-2-3-18(11-19)31(17)25(32)33/h4-7,12-14,17-19H,2-3,8-11,15H2,1H3,(H,32,33)/t17-,18+,19?. The zero-order valence-corrected chi connectivity index (χ0v) is 20.0. The third-order valence-corrected chi connectivity index (χ3v) is 7.35. The van der Waals surface area contributed by atoms with Gasteiger partial charge < -0.3 is 33.7 Å². The number of ether oxygens (including phenoxy) is 3. The number of hydrogen-bond donors (Lipinski definition) is 1. The molecule has 0 aliphatic carbocycles. The second-order valence-electron chi connectivity index (χ2n) is 9.36. The van der Waals surface area contributed by atoms with Gasteiger partial charge in [0.15, 0.2) is 18.4 Å². The lowest BCUT2D eigenvalue weighted by atomic mass is 9.96. The van der Waals surface area contributed by atoms with Crippen LogP contribution in [-0.2, 0) is 4.74 Å². The maximum absolute atomic E-state index is 11.7. The van der Waals surface area contributed by atoms with E-state index in [0.717, 1.165) is 36.9 Å². The lowest BCUT2D eigenvalue weighted by Gasteiger charge is -2.43. The zero-order chi connectivity index (χ0) is 24.6. The summed E-state index contributed by atoms with van der Waals surface area (Å²) in [5, 5.41) is 18.7. The summed E-state index contributed by atoms with van der Waals surface area (Å²) in [6, 6.07) is 8.08. The molecule has 2 bridgehead atoms. The van der Waals surface area contributed by atoms with Crippen molar-refractivity contribution in [3.63, 3.8) is 0 Å². The van der Waals surface area contributed by atoms with Gasteiger partial charge in [-0.3, -0.25) is 0 Å². The van der Waals surface area contributed by atoms with Crippen molar-refractivity contribution in [3.8, 4) is 28.4 Å². The summed E-state index contributed by atoms with van der Waals surface area (Å²) in [6.45, 7) is 1.35. The van der Waals surface area contributed by atoms with Crippen molar-refractivity contribution >= 4 is 11.9 Å². The predicted molar refractivity (Wildman–Crippen MR) is 130 cm³/mol. The van der Waals surface area contributed by atoms with E-state index in [1.54, 1.807) is 24.5 Å². The summed E-state index contributed by atoms with van der Waals surface area (Å²) >= 11 is 0. The molecule has 11 heteroatoms. The Morgan fingerprint density at radius 3 is 2.72 bits per heavy atom. The van der Waals surface area contributed by atoms with E-state index in [2.05, 4.69) is 20.1 Å². The van der Waals surface area contributed by atoms with Crippen LogP contribution in [0.1, 0.15) is 25.7 Å². The van der Waals surface area contributed by atoms with Gasteiger partial charge in [0.2, 0.25) is 0 Å². The normalized spacial score (nSPS) is 22.8. The molecule has 0 saturated carbocycles. The molecule has 2 aromatic heterocycles. The first-order valence-corrected chi connectivity index (χ1v) is 12.2. The first-order valence-electron chi connectivity index (χ1n) is 12.2. The molecule has 3 aliphatic heterocycles. The number of fused-ring (bicyclic) bond motifs is 3. The molecule has 2 saturated heterocycles. The maximum atomic E-state index is 11.7. The van der Waals surface area contributed by atoms with Crippen LogP contribution in [0.15, 0.2) is 43.0 Å². The maximum Gasteiger partial charge on any atom is 0.407 e. The minimum absolute atomic E-state index is 0.0688. The Morgan fingerprint density at radius 2 is 2.00 bits per heavy atom. The summed E-state index contributed by atoms with van der Waals surface area (Å²) < 4.78 is 18.9. The van der Waals surface area contributed by atoms with Gasteiger partial charge in [0, 0.05) is 55.3 Å². The van der Waals surface area contributed by atoms with Crippen molar-refractivity contribution in [1.82, 2.24) is 24.6 Å². The Labute approximate surface area is 208 Å². The van der Waals surface area contributed by atoms with Gasteiger partial charge in [0.25, 0.3) is 0 Å². The van der Waals surface area contributed by atoms with Crippen LogP contribution in [0.4, 0.5) is 10.6 Å². The Balaban J connectivity index is 1.29. The van der Waals surface area contributed by atoms with E-state index in [1.165, 1.54) is 0 Å². The first kappa shape index (κ1) is 22.6. The van der Waals surface area contributed by atoms with Gasteiger partial charge in [0.1, 0.15) is 18.1 Å². The lowest BCUT2D eigenvalue weighted by molar-refractivity contribution is 0.0515. The quantitative estimate of drug-likeness (QED) is 0.518. The highest BCUT2D eigenvalue weighted by molar-refractivity contribution is 5.72. The topological polar surface area (TPSA) is 115 Å². The number of anilines is 1. The molecule has 1 N–H and O–H groups in total. The number of rotatable bonds is 6. The van der Waals surface area contributed by atoms with Crippen LogP contribution < -0.4 is 14.4 Å². The van der Waals surface area contributed by atoms with Crippen LogP contribution in [-0.4, -0.2) is 81.0 Å². The summed E-state index contributed by atoms with van der Waals surface area (Å²) in [4.78, 5) is 19.7. The summed E-state index contributed by atoms with van der Waals surface area (Å²) in [7, 11) is 1.58. The monoisotopic (exact) mass is 492 g/mol. The molecule has 0 radical (unpaired) electrons. The van der Waals surface area contributed by atoms with Gasteiger partial charge in [-0.1, -0.05) is 0 Å². The number of carbonyl (C=O) groups is 1. The molecule has 5 heterocycles. The Morgan fingerprint density at radius 1 is 1.17 bits per heavy atom. The molecule has 3 aliphatic rings. The van der Waals surface area contributed by atoms with Crippen LogP contribution in [0.5, 0.6) is 11.5 Å². The van der Waals surface area contributed by atoms with Crippen LogP contribution in [0, 0.1) is 0 Å². The molecular weight excluding hydrogens is 464 g/mol. The van der Waals surface area contributed by atoms with E-state index in [-0.39, 0.29) is 24.9 Å². The van der Waals surface area contributed by atoms with Crippen molar-refractivity contribution in [2.24, 2.45) is 0 Å². The number of nitrogens with zero attached hydrogens (tertiary/aromatic N) is 6. The molecule has 3 aromatic rings. The lowest BCUT2D eigenvalue weighted by Crippen LogP contribution is -2.53. The van der Waals surface area contributed by atoms with Crippen molar-refractivity contribution in [3.05, 3.63) is 43.0 Å². The molecule has 1 unspecified atom stereocenters. The second kappa shape index (κ2) is 9.30. The van der Waals surface area contributed by atoms with Crippen LogP contribution in [0.3, 0.4) is 0 Å². The molecule has 2 fully saturated rings. The Hall–Kier alpha value is -3.86. The van der Waals surface area contributed by atoms with Crippen molar-refractivity contribution in [2.45, 2.75) is 43.8 Å². The molecular formula is C25H28N6O5. The summed E-state index contributed by atoms with van der Waals surface area (Å²) in [6.07, 6.45) is 7.96. The van der Waals surface area contributed by atoms with E-state index in [4.69, 9.17) is 14.2 Å². The van der Waals surface area contributed by atoms with E-state index >= 15 is 0 Å². The average Bonchev–Trinajstić information content (AvgIpc) is 3.53. The molecule has 1 amide bonds. The smallest absolute Gasteiger partial charge is 0.407 e. The highest BCUT2D eigenvalue weighted by Crippen LogP contribution is 2.42. The number of benzene rings is 1. The van der Waals surface area contributed by atoms with Crippen LogP contribution in [0.2, 0.25) is 0 Å². The predicted octanol–water partition coefficient (Wildman–Crippen LogP) is 3.18. The van der Waals surface area contributed by atoms with E-state index in [9.17, 15) is 9.90 Å². The fraction of sp³-hybridized carbons (Fsp3) is 0.440. The van der Waals surface area contributed by atoms with Gasteiger partial charge in [-0.15, -0.1) is 10.2 Å². The third kappa shape index (κ3) is 3.98. The number of amides is 1. The van der Waals surface area contributed by atoms with Crippen molar-refractivity contribution < 1.29 is 24.1 Å². The fourth-order valence-electron chi connectivity index (χ4n) is 5.77. The minimum Gasteiger partial charge on any atom is -0.488 e. The van der Waals surface area contributed by atoms with Crippen molar-refractivity contribution in [2.75, 3.05) is 32.0 Å². The number of aromatic nitrogens is 4. The Bertz CT molecular complexity index is 1240.